The number of carbonyl (C=O) groups is 1. The van der Waals surface area contributed by atoms with E-state index in [1.54, 1.807) is 31.2 Å². The molecule has 0 bridgehead atoms. The van der Waals surface area contributed by atoms with Gasteiger partial charge in [-0.3, -0.25) is 4.79 Å². The molecule has 0 spiro atoms. The molecule has 1 aromatic rings. The first kappa shape index (κ1) is 10.3. The van der Waals surface area contributed by atoms with Gasteiger partial charge in [-0.25, -0.2) is 0 Å². The molecule has 0 saturated carbocycles. The lowest BCUT2D eigenvalue weighted by atomic mass is 10.1. The van der Waals surface area contributed by atoms with Crippen LogP contribution in [0, 0.1) is 12.3 Å². The lowest BCUT2D eigenvalue weighted by Gasteiger charge is -2.08. The van der Waals surface area contributed by atoms with Crippen molar-refractivity contribution >= 4 is 5.78 Å². The molecule has 0 aliphatic heterocycles. The van der Waals surface area contributed by atoms with E-state index in [9.17, 15) is 4.79 Å². The van der Waals surface area contributed by atoms with Crippen LogP contribution in [0.2, 0.25) is 0 Å². The highest BCUT2D eigenvalue weighted by atomic mass is 16.5. The van der Waals surface area contributed by atoms with E-state index in [0.29, 0.717) is 11.3 Å². The van der Waals surface area contributed by atoms with Gasteiger partial charge in [-0.05, 0) is 38.1 Å². The van der Waals surface area contributed by atoms with Gasteiger partial charge in [0, 0.05) is 5.56 Å². The summed E-state index contributed by atoms with van der Waals surface area (Å²) >= 11 is 0. The van der Waals surface area contributed by atoms with Crippen LogP contribution in [0.4, 0.5) is 0 Å². The van der Waals surface area contributed by atoms with Gasteiger partial charge < -0.3 is 4.74 Å². The van der Waals surface area contributed by atoms with Gasteiger partial charge in [-0.15, -0.1) is 6.42 Å². The number of hydrogen-bond donors (Lipinski definition) is 0. The first-order chi connectivity index (χ1) is 6.63. The van der Waals surface area contributed by atoms with E-state index in [0.717, 1.165) is 0 Å². The summed E-state index contributed by atoms with van der Waals surface area (Å²) in [4.78, 5) is 11.0. The number of carbonyl (C=O) groups excluding carboxylic acids is 1. The highest BCUT2D eigenvalue weighted by Gasteiger charge is 2.01. The number of hydrogen-bond acceptors (Lipinski definition) is 2. The van der Waals surface area contributed by atoms with Crippen molar-refractivity contribution in [3.05, 3.63) is 29.8 Å². The Labute approximate surface area is 83.9 Å². The van der Waals surface area contributed by atoms with Crippen molar-refractivity contribution in [3.63, 3.8) is 0 Å². The molecule has 72 valence electrons. The Balaban J connectivity index is 2.75. The number of ketones is 1. The van der Waals surface area contributed by atoms with Crippen molar-refractivity contribution in [2.45, 2.75) is 20.0 Å². The number of terminal acetylenes is 1. The molecule has 1 aromatic carbocycles. The third-order valence-corrected chi connectivity index (χ3v) is 1.81. The molecule has 0 amide bonds. The molecule has 1 rings (SSSR count). The zero-order valence-corrected chi connectivity index (χ0v) is 8.28. The van der Waals surface area contributed by atoms with Crippen LogP contribution in [-0.2, 0) is 0 Å². The molecule has 0 radical (unpaired) electrons. The summed E-state index contributed by atoms with van der Waals surface area (Å²) in [6.45, 7) is 3.32. The van der Waals surface area contributed by atoms with Crippen molar-refractivity contribution in [3.8, 4) is 18.1 Å². The third-order valence-electron chi connectivity index (χ3n) is 1.81. The zero-order valence-electron chi connectivity index (χ0n) is 8.28. The molecule has 0 aliphatic carbocycles. The highest BCUT2D eigenvalue weighted by Crippen LogP contribution is 2.13. The fourth-order valence-corrected chi connectivity index (χ4v) is 1.01. The molecule has 2 nitrogen and oxygen atoms in total. The van der Waals surface area contributed by atoms with E-state index in [4.69, 9.17) is 11.2 Å². The Hall–Kier alpha value is -1.75. The minimum Gasteiger partial charge on any atom is -0.478 e. The van der Waals surface area contributed by atoms with E-state index in [1.165, 1.54) is 6.92 Å². The Morgan fingerprint density at radius 1 is 1.43 bits per heavy atom. The van der Waals surface area contributed by atoms with Crippen LogP contribution in [0.5, 0.6) is 5.75 Å². The monoisotopic (exact) mass is 188 g/mol. The van der Waals surface area contributed by atoms with Crippen LogP contribution in [0.15, 0.2) is 24.3 Å². The maximum Gasteiger partial charge on any atom is 0.159 e. The number of rotatable bonds is 3. The van der Waals surface area contributed by atoms with Crippen LogP contribution in [0.3, 0.4) is 0 Å². The third kappa shape index (κ3) is 2.63. The molecule has 1 atom stereocenters. The maximum atomic E-state index is 11.0. The first-order valence-electron chi connectivity index (χ1n) is 4.37. The molecule has 0 aromatic heterocycles. The van der Waals surface area contributed by atoms with Crippen LogP contribution in [0.25, 0.3) is 0 Å². The zero-order chi connectivity index (χ0) is 10.6. The molecule has 1 unspecified atom stereocenters. The fraction of sp³-hybridized carbons (Fsp3) is 0.250. The van der Waals surface area contributed by atoms with Crippen LogP contribution in [0.1, 0.15) is 24.2 Å². The smallest absolute Gasteiger partial charge is 0.159 e. The van der Waals surface area contributed by atoms with E-state index in [2.05, 4.69) is 5.92 Å². The Bertz CT molecular complexity index is 357. The number of ether oxygens (including phenoxy) is 1. The molecule has 0 saturated heterocycles. The maximum absolute atomic E-state index is 11.0. The Kier molecular flexibility index (Phi) is 3.30. The minimum atomic E-state index is -0.252. The topological polar surface area (TPSA) is 26.3 Å². The fourth-order valence-electron chi connectivity index (χ4n) is 1.01. The van der Waals surface area contributed by atoms with Gasteiger partial charge in [0.1, 0.15) is 5.75 Å². The first-order valence-corrected chi connectivity index (χ1v) is 4.37. The molecule has 0 N–H and O–H groups in total. The molecular weight excluding hydrogens is 176 g/mol. The second kappa shape index (κ2) is 4.48. The van der Waals surface area contributed by atoms with Gasteiger partial charge in [-0.1, -0.05) is 5.92 Å². The average molecular weight is 188 g/mol. The van der Waals surface area contributed by atoms with Gasteiger partial charge in [-0.2, -0.15) is 0 Å². The molecule has 0 aliphatic rings. The molecule has 14 heavy (non-hydrogen) atoms. The van der Waals surface area contributed by atoms with E-state index < -0.39 is 0 Å². The standard InChI is InChI=1S/C12H12O2/c1-4-9(2)14-12-7-5-11(6-8-12)10(3)13/h1,5-9H,2-3H3. The van der Waals surface area contributed by atoms with Gasteiger partial charge >= 0.3 is 0 Å². The average Bonchev–Trinajstić information content (AvgIpc) is 2.18. The SMILES string of the molecule is C#CC(C)Oc1ccc(C(C)=O)cc1. The second-order valence-corrected chi connectivity index (χ2v) is 3.01. The van der Waals surface area contributed by atoms with E-state index >= 15 is 0 Å². The normalized spacial score (nSPS) is 11.5. The van der Waals surface area contributed by atoms with Crippen LogP contribution >= 0.6 is 0 Å². The quantitative estimate of drug-likeness (QED) is 0.537. The summed E-state index contributed by atoms with van der Waals surface area (Å²) in [6, 6.07) is 6.93. The molecular formula is C12H12O2. The van der Waals surface area contributed by atoms with Crippen LogP contribution in [-0.4, -0.2) is 11.9 Å². The van der Waals surface area contributed by atoms with E-state index in [1.807, 2.05) is 0 Å². The summed E-state index contributed by atoms with van der Waals surface area (Å²) in [6.07, 6.45) is 4.92. The van der Waals surface area contributed by atoms with Crippen molar-refractivity contribution < 1.29 is 9.53 Å². The highest BCUT2D eigenvalue weighted by molar-refractivity contribution is 5.94. The summed E-state index contributed by atoms with van der Waals surface area (Å²) in [5.74, 6) is 3.19. The van der Waals surface area contributed by atoms with Crippen LogP contribution < -0.4 is 4.74 Å². The lowest BCUT2D eigenvalue weighted by Crippen LogP contribution is -2.08. The number of benzene rings is 1. The van der Waals surface area contributed by atoms with Gasteiger partial charge in [0.25, 0.3) is 0 Å². The number of Topliss-reactive ketones (excluding diaryl/α,β-unsaturated/α-hetero) is 1. The van der Waals surface area contributed by atoms with Crippen molar-refractivity contribution in [2.75, 3.05) is 0 Å². The Morgan fingerprint density at radius 3 is 2.43 bits per heavy atom. The largest absolute Gasteiger partial charge is 0.478 e. The summed E-state index contributed by atoms with van der Waals surface area (Å²) in [5, 5.41) is 0. The predicted molar refractivity (Wildman–Crippen MR) is 55.4 cm³/mol. The summed E-state index contributed by atoms with van der Waals surface area (Å²) in [7, 11) is 0. The second-order valence-electron chi connectivity index (χ2n) is 3.01. The van der Waals surface area contributed by atoms with Gasteiger partial charge in [0.15, 0.2) is 11.9 Å². The molecule has 0 fully saturated rings. The Morgan fingerprint density at radius 2 is 2.00 bits per heavy atom. The van der Waals surface area contributed by atoms with E-state index in [-0.39, 0.29) is 11.9 Å². The lowest BCUT2D eigenvalue weighted by molar-refractivity contribution is 0.101. The molecule has 0 heterocycles. The van der Waals surface area contributed by atoms with Crippen molar-refractivity contribution in [1.82, 2.24) is 0 Å². The predicted octanol–water partition coefficient (Wildman–Crippen LogP) is 2.29. The summed E-state index contributed by atoms with van der Waals surface area (Å²) in [5.41, 5.74) is 0.672. The van der Waals surface area contributed by atoms with Crippen molar-refractivity contribution in [1.29, 1.82) is 0 Å². The van der Waals surface area contributed by atoms with Gasteiger partial charge in [0.2, 0.25) is 0 Å². The van der Waals surface area contributed by atoms with Crippen molar-refractivity contribution in [2.24, 2.45) is 0 Å². The summed E-state index contributed by atoms with van der Waals surface area (Å²) < 4.78 is 5.35. The van der Waals surface area contributed by atoms with Gasteiger partial charge in [0.05, 0.1) is 0 Å². The molecule has 2 heteroatoms. The minimum absolute atomic E-state index is 0.0431.